The first-order chi connectivity index (χ1) is 11.6. The van der Waals surface area contributed by atoms with E-state index in [9.17, 15) is 4.79 Å². The molecule has 2 aromatic carbocycles. The Kier molecular flexibility index (Phi) is 6.67. The molecule has 0 aliphatic carbocycles. The van der Waals surface area contributed by atoms with Crippen molar-refractivity contribution in [1.29, 1.82) is 0 Å². The minimum atomic E-state index is -0.0265. The number of methoxy groups -OCH3 is 1. The molecule has 1 N–H and O–H groups in total. The van der Waals surface area contributed by atoms with Crippen LogP contribution in [0.3, 0.4) is 0 Å². The van der Waals surface area contributed by atoms with Crippen LogP contribution in [0.25, 0.3) is 0 Å². The zero-order valence-electron chi connectivity index (χ0n) is 14.5. The standard InChI is InChI=1S/C20H25NO3/c1-15-6-10-19(11-7-15)24-14-4-5-20(22)21-16(2)17-8-12-18(23-3)13-9-17/h6-13,16H,4-5,14H2,1-3H3,(H,21,22)/t16-/m1/s1. The molecule has 0 aliphatic rings. The maximum atomic E-state index is 12.0. The Labute approximate surface area is 143 Å². The number of nitrogens with one attached hydrogen (secondary N) is 1. The highest BCUT2D eigenvalue weighted by atomic mass is 16.5. The van der Waals surface area contributed by atoms with E-state index >= 15 is 0 Å². The Morgan fingerprint density at radius 1 is 1.04 bits per heavy atom. The van der Waals surface area contributed by atoms with E-state index in [0.29, 0.717) is 19.4 Å². The molecule has 24 heavy (non-hydrogen) atoms. The van der Waals surface area contributed by atoms with Crippen LogP contribution in [0.4, 0.5) is 0 Å². The van der Waals surface area contributed by atoms with E-state index in [1.807, 2.05) is 62.4 Å². The smallest absolute Gasteiger partial charge is 0.220 e. The largest absolute Gasteiger partial charge is 0.497 e. The van der Waals surface area contributed by atoms with Crippen LogP contribution in [0.1, 0.15) is 36.9 Å². The fourth-order valence-corrected chi connectivity index (χ4v) is 2.35. The summed E-state index contributed by atoms with van der Waals surface area (Å²) in [5.41, 5.74) is 2.26. The average Bonchev–Trinajstić information content (AvgIpc) is 2.60. The number of ether oxygens (including phenoxy) is 2. The summed E-state index contributed by atoms with van der Waals surface area (Å²) in [6, 6.07) is 15.6. The van der Waals surface area contributed by atoms with Gasteiger partial charge in [-0.2, -0.15) is 0 Å². The first-order valence-corrected chi connectivity index (χ1v) is 8.21. The van der Waals surface area contributed by atoms with E-state index in [4.69, 9.17) is 9.47 Å². The topological polar surface area (TPSA) is 47.6 Å². The predicted molar refractivity (Wildman–Crippen MR) is 95.5 cm³/mol. The van der Waals surface area contributed by atoms with Crippen molar-refractivity contribution in [3.8, 4) is 11.5 Å². The summed E-state index contributed by atoms with van der Waals surface area (Å²) in [6.45, 7) is 4.55. The van der Waals surface area contributed by atoms with Gasteiger partial charge in [-0.25, -0.2) is 0 Å². The normalized spacial score (nSPS) is 11.6. The summed E-state index contributed by atoms with van der Waals surface area (Å²) < 4.78 is 10.8. The Morgan fingerprint density at radius 3 is 2.29 bits per heavy atom. The Balaban J connectivity index is 1.69. The molecule has 2 rings (SSSR count). The van der Waals surface area contributed by atoms with E-state index in [1.165, 1.54) is 5.56 Å². The van der Waals surface area contributed by atoms with Gasteiger partial charge < -0.3 is 14.8 Å². The summed E-state index contributed by atoms with van der Waals surface area (Å²) in [5.74, 6) is 1.68. The van der Waals surface area contributed by atoms with Crippen LogP contribution in [0.15, 0.2) is 48.5 Å². The second kappa shape index (κ2) is 8.96. The zero-order valence-corrected chi connectivity index (χ0v) is 14.5. The predicted octanol–water partition coefficient (Wildman–Crippen LogP) is 4.04. The van der Waals surface area contributed by atoms with Gasteiger partial charge in [0.15, 0.2) is 0 Å². The van der Waals surface area contributed by atoms with Crippen molar-refractivity contribution in [2.75, 3.05) is 13.7 Å². The third-order valence-electron chi connectivity index (χ3n) is 3.83. The monoisotopic (exact) mass is 327 g/mol. The third-order valence-corrected chi connectivity index (χ3v) is 3.83. The molecule has 4 nitrogen and oxygen atoms in total. The lowest BCUT2D eigenvalue weighted by Gasteiger charge is -2.15. The Bertz CT molecular complexity index is 635. The van der Waals surface area contributed by atoms with Crippen LogP contribution in [0.5, 0.6) is 11.5 Å². The summed E-state index contributed by atoms with van der Waals surface area (Å²) in [4.78, 5) is 12.0. The maximum Gasteiger partial charge on any atom is 0.220 e. The molecule has 2 aromatic rings. The summed E-state index contributed by atoms with van der Waals surface area (Å²) in [7, 11) is 1.64. The molecule has 0 bridgehead atoms. The van der Waals surface area contributed by atoms with Crippen LogP contribution in [-0.4, -0.2) is 19.6 Å². The molecule has 0 saturated heterocycles. The van der Waals surface area contributed by atoms with Crippen LogP contribution in [0, 0.1) is 6.92 Å². The van der Waals surface area contributed by atoms with Gasteiger partial charge in [0.1, 0.15) is 11.5 Å². The molecule has 0 radical (unpaired) electrons. The van der Waals surface area contributed by atoms with E-state index in [-0.39, 0.29) is 11.9 Å². The second-order valence-corrected chi connectivity index (χ2v) is 5.83. The maximum absolute atomic E-state index is 12.0. The van der Waals surface area contributed by atoms with Gasteiger partial charge >= 0.3 is 0 Å². The molecular weight excluding hydrogens is 302 g/mol. The molecule has 4 heteroatoms. The number of carbonyl (C=O) groups is 1. The van der Waals surface area contributed by atoms with Gasteiger partial charge in [-0.1, -0.05) is 29.8 Å². The number of rotatable bonds is 8. The van der Waals surface area contributed by atoms with Gasteiger partial charge in [-0.05, 0) is 50.1 Å². The number of amides is 1. The van der Waals surface area contributed by atoms with Crippen molar-refractivity contribution in [2.45, 2.75) is 32.7 Å². The first kappa shape index (κ1) is 17.9. The van der Waals surface area contributed by atoms with E-state index in [0.717, 1.165) is 17.1 Å². The van der Waals surface area contributed by atoms with Crippen molar-refractivity contribution >= 4 is 5.91 Å². The van der Waals surface area contributed by atoms with E-state index < -0.39 is 0 Å². The van der Waals surface area contributed by atoms with Gasteiger partial charge in [0, 0.05) is 6.42 Å². The fourth-order valence-electron chi connectivity index (χ4n) is 2.35. The molecule has 1 atom stereocenters. The van der Waals surface area contributed by atoms with Gasteiger partial charge in [0.2, 0.25) is 5.91 Å². The van der Waals surface area contributed by atoms with Gasteiger partial charge in [-0.3, -0.25) is 4.79 Å². The average molecular weight is 327 g/mol. The van der Waals surface area contributed by atoms with Crippen LogP contribution >= 0.6 is 0 Å². The minimum absolute atomic E-state index is 0.0265. The van der Waals surface area contributed by atoms with Crippen molar-refractivity contribution in [3.63, 3.8) is 0 Å². The molecule has 0 spiro atoms. The molecule has 0 aromatic heterocycles. The molecule has 0 saturated carbocycles. The molecule has 1 amide bonds. The molecule has 0 aliphatic heterocycles. The molecular formula is C20H25NO3. The van der Waals surface area contributed by atoms with Gasteiger partial charge in [0.05, 0.1) is 19.8 Å². The minimum Gasteiger partial charge on any atom is -0.497 e. The SMILES string of the molecule is COc1ccc([C@@H](C)NC(=O)CCCOc2ccc(C)cc2)cc1. The Hall–Kier alpha value is -2.49. The third kappa shape index (κ3) is 5.61. The zero-order chi connectivity index (χ0) is 17.4. The summed E-state index contributed by atoms with van der Waals surface area (Å²) in [5, 5.41) is 3.00. The highest BCUT2D eigenvalue weighted by molar-refractivity contribution is 5.76. The number of hydrogen-bond donors (Lipinski definition) is 1. The first-order valence-electron chi connectivity index (χ1n) is 8.21. The van der Waals surface area contributed by atoms with Crippen LogP contribution < -0.4 is 14.8 Å². The second-order valence-electron chi connectivity index (χ2n) is 5.83. The Morgan fingerprint density at radius 2 is 1.67 bits per heavy atom. The quantitative estimate of drug-likeness (QED) is 0.744. The highest BCUT2D eigenvalue weighted by Gasteiger charge is 2.09. The van der Waals surface area contributed by atoms with Gasteiger partial charge in [0.25, 0.3) is 0 Å². The van der Waals surface area contributed by atoms with Crippen LogP contribution in [-0.2, 0) is 4.79 Å². The van der Waals surface area contributed by atoms with Crippen LogP contribution in [0.2, 0.25) is 0 Å². The lowest BCUT2D eigenvalue weighted by molar-refractivity contribution is -0.121. The summed E-state index contributed by atoms with van der Waals surface area (Å²) >= 11 is 0. The highest BCUT2D eigenvalue weighted by Crippen LogP contribution is 2.17. The number of hydrogen-bond acceptors (Lipinski definition) is 3. The number of aryl methyl sites for hydroxylation is 1. The number of benzene rings is 2. The summed E-state index contributed by atoms with van der Waals surface area (Å²) in [6.07, 6.45) is 1.14. The fraction of sp³-hybridized carbons (Fsp3) is 0.350. The van der Waals surface area contributed by atoms with E-state index in [1.54, 1.807) is 7.11 Å². The molecule has 0 unspecified atom stereocenters. The molecule has 128 valence electrons. The molecule has 0 heterocycles. The number of carbonyl (C=O) groups excluding carboxylic acids is 1. The van der Waals surface area contributed by atoms with Crippen molar-refractivity contribution in [3.05, 3.63) is 59.7 Å². The van der Waals surface area contributed by atoms with Gasteiger partial charge in [-0.15, -0.1) is 0 Å². The lowest BCUT2D eigenvalue weighted by Crippen LogP contribution is -2.26. The lowest BCUT2D eigenvalue weighted by atomic mass is 10.1. The van der Waals surface area contributed by atoms with Crippen molar-refractivity contribution < 1.29 is 14.3 Å². The molecule has 0 fully saturated rings. The van der Waals surface area contributed by atoms with Crippen molar-refractivity contribution in [2.24, 2.45) is 0 Å². The van der Waals surface area contributed by atoms with E-state index in [2.05, 4.69) is 5.32 Å². The van der Waals surface area contributed by atoms with Crippen molar-refractivity contribution in [1.82, 2.24) is 5.32 Å².